The molecule has 28 heavy (non-hydrogen) atoms. The third kappa shape index (κ3) is 3.04. The van der Waals surface area contributed by atoms with Crippen molar-refractivity contribution in [3.63, 3.8) is 0 Å². The summed E-state index contributed by atoms with van der Waals surface area (Å²) in [5.74, 6) is -1.62. The van der Waals surface area contributed by atoms with E-state index in [2.05, 4.69) is 15.3 Å². The molecule has 9 heteroatoms. The summed E-state index contributed by atoms with van der Waals surface area (Å²) in [7, 11) is 0. The highest BCUT2D eigenvalue weighted by atomic mass is 32.1. The van der Waals surface area contributed by atoms with E-state index in [1.165, 1.54) is 23.5 Å². The van der Waals surface area contributed by atoms with Crippen LogP contribution >= 0.6 is 11.3 Å². The average molecular weight is 404 g/mol. The monoisotopic (exact) mass is 404 g/mol. The summed E-state index contributed by atoms with van der Waals surface area (Å²) in [6.07, 6.45) is 1.88. The van der Waals surface area contributed by atoms with Gasteiger partial charge < -0.3 is 20.3 Å². The van der Waals surface area contributed by atoms with Crippen molar-refractivity contribution >= 4 is 33.3 Å². The molecule has 2 aromatic heterocycles. The van der Waals surface area contributed by atoms with Gasteiger partial charge >= 0.3 is 0 Å². The Hall–Kier alpha value is -2.52. The van der Waals surface area contributed by atoms with Crippen molar-refractivity contribution in [1.29, 1.82) is 0 Å². The second-order valence-corrected chi connectivity index (χ2v) is 8.45. The molecule has 3 N–H and O–H groups in total. The topological polar surface area (TPSA) is 81.2 Å². The first-order chi connectivity index (χ1) is 13.5. The number of aliphatic hydroxyl groups excluding tert-OH is 1. The van der Waals surface area contributed by atoms with Crippen LogP contribution in [0, 0.1) is 11.6 Å². The van der Waals surface area contributed by atoms with Crippen LogP contribution in [0.5, 0.6) is 0 Å². The van der Waals surface area contributed by atoms with Crippen LogP contribution in [0.2, 0.25) is 0 Å². The maximum atomic E-state index is 13.9. The van der Waals surface area contributed by atoms with E-state index in [9.17, 15) is 18.7 Å². The molecule has 146 valence electrons. The molecule has 3 heterocycles. The molecule has 5 rings (SSSR count). The number of aromatic amines is 1. The van der Waals surface area contributed by atoms with Gasteiger partial charge in [0.05, 0.1) is 23.9 Å². The number of amides is 1. The zero-order valence-corrected chi connectivity index (χ0v) is 15.7. The van der Waals surface area contributed by atoms with Gasteiger partial charge in [0.2, 0.25) is 0 Å². The van der Waals surface area contributed by atoms with Crippen LogP contribution in [0.25, 0.3) is 10.9 Å². The van der Waals surface area contributed by atoms with E-state index in [-0.39, 0.29) is 34.6 Å². The fourth-order valence-electron chi connectivity index (χ4n) is 3.76. The van der Waals surface area contributed by atoms with E-state index in [0.717, 1.165) is 34.6 Å². The number of aliphatic hydroxyl groups is 1. The summed E-state index contributed by atoms with van der Waals surface area (Å²) in [6.45, 7) is 0.955. The number of hydrogen-bond acceptors (Lipinski definition) is 5. The third-order valence-corrected chi connectivity index (χ3v) is 6.36. The van der Waals surface area contributed by atoms with Gasteiger partial charge in [-0.3, -0.25) is 4.79 Å². The molecular weight excluding hydrogens is 386 g/mol. The maximum Gasteiger partial charge on any atom is 0.270 e. The van der Waals surface area contributed by atoms with Crippen LogP contribution in [0.1, 0.15) is 33.9 Å². The quantitative estimate of drug-likeness (QED) is 0.627. The fraction of sp³-hybridized carbons (Fsp3) is 0.368. The summed E-state index contributed by atoms with van der Waals surface area (Å²) >= 11 is 1.52. The number of fused-ring (bicyclic) bond motifs is 2. The second kappa shape index (κ2) is 6.52. The van der Waals surface area contributed by atoms with Crippen LogP contribution in [0.4, 0.5) is 13.9 Å². The lowest BCUT2D eigenvalue weighted by atomic mass is 9.90. The minimum Gasteiger partial charge on any atom is -0.393 e. The number of H-pyrrole nitrogens is 1. The van der Waals surface area contributed by atoms with Gasteiger partial charge in [-0.05, 0) is 25.0 Å². The summed E-state index contributed by atoms with van der Waals surface area (Å²) in [5.41, 5.74) is 1.50. The minimum atomic E-state index is -0.689. The molecule has 3 aromatic rings. The molecule has 1 aromatic carbocycles. The first-order valence-electron chi connectivity index (χ1n) is 9.16. The first kappa shape index (κ1) is 17.6. The van der Waals surface area contributed by atoms with Crippen molar-refractivity contribution < 1.29 is 18.7 Å². The van der Waals surface area contributed by atoms with Gasteiger partial charge in [-0.25, -0.2) is 13.8 Å². The van der Waals surface area contributed by atoms with Crippen molar-refractivity contribution in [3.8, 4) is 0 Å². The Bertz CT molecular complexity index is 1070. The Morgan fingerprint density at radius 1 is 1.32 bits per heavy atom. The molecule has 0 unspecified atom stereocenters. The first-order valence-corrected chi connectivity index (χ1v) is 9.98. The number of hydrogen-bond donors (Lipinski definition) is 3. The molecule has 1 aliphatic heterocycles. The van der Waals surface area contributed by atoms with Crippen LogP contribution in [0.15, 0.2) is 18.2 Å². The van der Waals surface area contributed by atoms with E-state index in [1.807, 2.05) is 0 Å². The number of anilines is 1. The average Bonchev–Trinajstić information content (AvgIpc) is 3.22. The molecule has 1 fully saturated rings. The SMILES string of the molecule is O=C(c1cc2c(F)cc(F)cc2[nH]1)N1CCc2nc(NC3CC(O)C3)sc2C1. The van der Waals surface area contributed by atoms with Crippen LogP contribution in [-0.4, -0.2) is 44.6 Å². The van der Waals surface area contributed by atoms with E-state index in [1.54, 1.807) is 4.90 Å². The highest BCUT2D eigenvalue weighted by Crippen LogP contribution is 2.32. The minimum absolute atomic E-state index is 0.203. The molecule has 1 amide bonds. The number of carbonyl (C=O) groups excluding carboxylic acids is 1. The number of halogens is 2. The van der Waals surface area contributed by atoms with Gasteiger partial charge in [-0.15, -0.1) is 0 Å². The van der Waals surface area contributed by atoms with Gasteiger partial charge in [0, 0.05) is 35.3 Å². The van der Waals surface area contributed by atoms with Gasteiger partial charge in [0.1, 0.15) is 17.3 Å². The van der Waals surface area contributed by atoms with Gasteiger partial charge in [-0.2, -0.15) is 0 Å². The Labute approximate surface area is 163 Å². The van der Waals surface area contributed by atoms with Crippen LogP contribution in [-0.2, 0) is 13.0 Å². The Kier molecular flexibility index (Phi) is 4.09. The van der Waals surface area contributed by atoms with Crippen molar-refractivity contribution in [2.45, 2.75) is 38.0 Å². The Morgan fingerprint density at radius 3 is 2.93 bits per heavy atom. The predicted molar refractivity (Wildman–Crippen MR) is 101 cm³/mol. The molecular formula is C19H18F2N4O2S. The summed E-state index contributed by atoms with van der Waals surface area (Å²) in [5, 5.41) is 13.8. The van der Waals surface area contributed by atoms with E-state index < -0.39 is 11.6 Å². The van der Waals surface area contributed by atoms with Crippen molar-refractivity contribution in [2.75, 3.05) is 11.9 Å². The maximum absolute atomic E-state index is 13.9. The van der Waals surface area contributed by atoms with Crippen molar-refractivity contribution in [3.05, 3.63) is 46.1 Å². The Balaban J connectivity index is 1.33. The van der Waals surface area contributed by atoms with Crippen LogP contribution < -0.4 is 5.32 Å². The highest BCUT2D eigenvalue weighted by Gasteiger charge is 2.30. The highest BCUT2D eigenvalue weighted by molar-refractivity contribution is 7.15. The predicted octanol–water partition coefficient (Wildman–Crippen LogP) is 3.04. The molecule has 0 radical (unpaired) electrons. The number of rotatable bonds is 3. The lowest BCUT2D eigenvalue weighted by molar-refractivity contribution is 0.0731. The Morgan fingerprint density at radius 2 is 2.14 bits per heavy atom. The summed E-state index contributed by atoms with van der Waals surface area (Å²) < 4.78 is 27.3. The molecule has 0 bridgehead atoms. The molecule has 6 nitrogen and oxygen atoms in total. The van der Waals surface area contributed by atoms with E-state index in [0.29, 0.717) is 19.5 Å². The van der Waals surface area contributed by atoms with Gasteiger partial charge in [0.15, 0.2) is 5.13 Å². The number of benzene rings is 1. The summed E-state index contributed by atoms with van der Waals surface area (Å²) in [4.78, 5) is 23.0. The zero-order chi connectivity index (χ0) is 19.4. The number of thiazole rings is 1. The summed E-state index contributed by atoms with van der Waals surface area (Å²) in [6, 6.07) is 3.68. The largest absolute Gasteiger partial charge is 0.393 e. The molecule has 2 aliphatic rings. The molecule has 0 atom stereocenters. The van der Waals surface area contributed by atoms with Crippen molar-refractivity contribution in [2.24, 2.45) is 0 Å². The number of aromatic nitrogens is 2. The standard InChI is InChI=1S/C19H18F2N4O2S/c20-9-3-13(21)12-7-16(23-15(12)4-9)18(27)25-2-1-14-17(8-25)28-19(24-14)22-10-5-11(26)6-10/h3-4,7,10-11,23,26H,1-2,5-6,8H2,(H,22,24). The fourth-order valence-corrected chi connectivity index (χ4v) is 4.86. The number of carbonyl (C=O) groups is 1. The lowest BCUT2D eigenvalue weighted by Crippen LogP contribution is -2.38. The molecule has 1 aliphatic carbocycles. The molecule has 0 saturated heterocycles. The van der Waals surface area contributed by atoms with Gasteiger partial charge in [0.25, 0.3) is 5.91 Å². The van der Waals surface area contributed by atoms with E-state index in [4.69, 9.17) is 0 Å². The lowest BCUT2D eigenvalue weighted by Gasteiger charge is -2.31. The zero-order valence-electron chi connectivity index (χ0n) is 14.8. The normalized spacial score (nSPS) is 21.5. The number of nitrogens with zero attached hydrogens (tertiary/aromatic N) is 2. The second-order valence-electron chi connectivity index (χ2n) is 7.36. The molecule has 0 spiro atoms. The van der Waals surface area contributed by atoms with E-state index >= 15 is 0 Å². The van der Waals surface area contributed by atoms with Crippen molar-refractivity contribution in [1.82, 2.24) is 14.9 Å². The van der Waals surface area contributed by atoms with Gasteiger partial charge in [-0.1, -0.05) is 11.3 Å². The molecule has 1 saturated carbocycles. The smallest absolute Gasteiger partial charge is 0.270 e. The van der Waals surface area contributed by atoms with Crippen LogP contribution in [0.3, 0.4) is 0 Å². The third-order valence-electron chi connectivity index (χ3n) is 5.34. The number of nitrogens with one attached hydrogen (secondary N) is 2.